The summed E-state index contributed by atoms with van der Waals surface area (Å²) in [6.07, 6.45) is 1.01. The van der Waals surface area contributed by atoms with Gasteiger partial charge < -0.3 is 10.3 Å². The van der Waals surface area contributed by atoms with Crippen LogP contribution in [0.1, 0.15) is 10.4 Å². The third-order valence-corrected chi connectivity index (χ3v) is 2.17. The van der Waals surface area contributed by atoms with Gasteiger partial charge in [0, 0.05) is 11.9 Å². The zero-order valence-electron chi connectivity index (χ0n) is 8.99. The van der Waals surface area contributed by atoms with E-state index in [1.165, 1.54) is 24.3 Å². The molecule has 1 aromatic carbocycles. The van der Waals surface area contributed by atoms with Gasteiger partial charge in [0.15, 0.2) is 0 Å². The summed E-state index contributed by atoms with van der Waals surface area (Å²) in [5.74, 6) is -1.13. The smallest absolute Gasteiger partial charge is 0.322 e. The molecule has 0 atom stereocenters. The summed E-state index contributed by atoms with van der Waals surface area (Å²) in [5.41, 5.74) is -1.39. The Morgan fingerprint density at radius 1 is 1.17 bits per heavy atom. The van der Waals surface area contributed by atoms with Gasteiger partial charge in [0.1, 0.15) is 11.4 Å². The molecule has 1 amide bonds. The zero-order chi connectivity index (χ0) is 13.1. The number of amides is 1. The van der Waals surface area contributed by atoms with E-state index in [1.807, 2.05) is 4.98 Å². The first kappa shape index (κ1) is 11.8. The van der Waals surface area contributed by atoms with Crippen LogP contribution in [0.25, 0.3) is 0 Å². The van der Waals surface area contributed by atoms with E-state index in [9.17, 15) is 18.8 Å². The van der Waals surface area contributed by atoms with Crippen molar-refractivity contribution in [2.75, 3.05) is 5.32 Å². The molecule has 7 heteroatoms. The highest BCUT2D eigenvalue weighted by Gasteiger charge is 2.10. The van der Waals surface area contributed by atoms with E-state index >= 15 is 0 Å². The molecule has 0 aliphatic heterocycles. The molecule has 0 aliphatic rings. The zero-order valence-corrected chi connectivity index (χ0v) is 8.99. The number of aromatic amines is 2. The van der Waals surface area contributed by atoms with Crippen molar-refractivity contribution in [2.24, 2.45) is 0 Å². The van der Waals surface area contributed by atoms with Gasteiger partial charge in [0.05, 0.1) is 0 Å². The maximum atomic E-state index is 12.6. The van der Waals surface area contributed by atoms with Crippen molar-refractivity contribution in [3.63, 3.8) is 0 Å². The number of halogens is 1. The predicted octanol–water partition coefficient (Wildman–Crippen LogP) is 0.455. The molecule has 3 N–H and O–H groups in total. The van der Waals surface area contributed by atoms with Gasteiger partial charge in [0.2, 0.25) is 0 Å². The number of H-pyrrole nitrogens is 2. The summed E-state index contributed by atoms with van der Waals surface area (Å²) in [7, 11) is 0. The molecule has 0 aliphatic carbocycles. The SMILES string of the molecule is O=C(Nc1ccc(F)cc1)c1c[nH]c(=O)[nH]c1=O. The number of rotatable bonds is 2. The largest absolute Gasteiger partial charge is 0.325 e. The van der Waals surface area contributed by atoms with Crippen molar-refractivity contribution in [3.8, 4) is 0 Å². The fraction of sp³-hybridized carbons (Fsp3) is 0. The summed E-state index contributed by atoms with van der Waals surface area (Å²) < 4.78 is 12.6. The van der Waals surface area contributed by atoms with Crippen molar-refractivity contribution in [1.82, 2.24) is 9.97 Å². The summed E-state index contributed by atoms with van der Waals surface area (Å²) in [5, 5.41) is 2.40. The minimum Gasteiger partial charge on any atom is -0.322 e. The van der Waals surface area contributed by atoms with Crippen molar-refractivity contribution < 1.29 is 9.18 Å². The monoisotopic (exact) mass is 249 g/mol. The molecule has 0 radical (unpaired) electrons. The summed E-state index contributed by atoms with van der Waals surface area (Å²) in [6.45, 7) is 0. The van der Waals surface area contributed by atoms with Crippen LogP contribution in [-0.2, 0) is 0 Å². The molecule has 2 rings (SSSR count). The molecule has 0 spiro atoms. The lowest BCUT2D eigenvalue weighted by atomic mass is 10.2. The molecule has 1 aromatic heterocycles. The van der Waals surface area contributed by atoms with Gasteiger partial charge in [-0.05, 0) is 24.3 Å². The van der Waals surface area contributed by atoms with Crippen LogP contribution in [0.4, 0.5) is 10.1 Å². The molecule has 92 valence electrons. The Labute approximate surface area is 99.5 Å². The molecule has 18 heavy (non-hydrogen) atoms. The number of hydrogen-bond donors (Lipinski definition) is 3. The molecular weight excluding hydrogens is 241 g/mol. The standard InChI is InChI=1S/C11H8FN3O3/c12-6-1-3-7(4-2-6)14-9(16)8-5-13-11(18)15-10(8)17/h1-5H,(H,14,16)(H2,13,15,17,18). The Balaban J connectivity index is 2.24. The molecule has 0 bridgehead atoms. The topological polar surface area (TPSA) is 94.8 Å². The molecule has 0 unspecified atom stereocenters. The van der Waals surface area contributed by atoms with Gasteiger partial charge in [-0.15, -0.1) is 0 Å². The van der Waals surface area contributed by atoms with E-state index < -0.39 is 23.0 Å². The number of aromatic nitrogens is 2. The second-order valence-corrected chi connectivity index (χ2v) is 3.45. The van der Waals surface area contributed by atoms with Crippen LogP contribution in [0.2, 0.25) is 0 Å². The van der Waals surface area contributed by atoms with Gasteiger partial charge in [-0.1, -0.05) is 0 Å². The van der Waals surface area contributed by atoms with E-state index in [0.717, 1.165) is 6.20 Å². The minimum atomic E-state index is -0.793. The molecule has 0 saturated carbocycles. The van der Waals surface area contributed by atoms with Crippen LogP contribution in [-0.4, -0.2) is 15.9 Å². The fourth-order valence-electron chi connectivity index (χ4n) is 1.31. The van der Waals surface area contributed by atoms with Crippen LogP contribution >= 0.6 is 0 Å². The Kier molecular flexibility index (Phi) is 3.05. The third-order valence-electron chi connectivity index (χ3n) is 2.17. The quantitative estimate of drug-likeness (QED) is 0.721. The highest BCUT2D eigenvalue weighted by Crippen LogP contribution is 2.08. The van der Waals surface area contributed by atoms with Gasteiger partial charge in [-0.2, -0.15) is 0 Å². The number of anilines is 1. The first-order chi connectivity index (χ1) is 8.56. The predicted molar refractivity (Wildman–Crippen MR) is 62.0 cm³/mol. The first-order valence-corrected chi connectivity index (χ1v) is 4.95. The van der Waals surface area contributed by atoms with Crippen molar-refractivity contribution >= 4 is 11.6 Å². The minimum absolute atomic E-state index is 0.237. The number of carbonyl (C=O) groups excluding carboxylic acids is 1. The molecular formula is C11H8FN3O3. The Morgan fingerprint density at radius 3 is 2.44 bits per heavy atom. The Bertz CT molecular complexity index is 688. The van der Waals surface area contributed by atoms with E-state index in [1.54, 1.807) is 0 Å². The maximum Gasteiger partial charge on any atom is 0.325 e. The van der Waals surface area contributed by atoms with Crippen LogP contribution in [0.5, 0.6) is 0 Å². The van der Waals surface area contributed by atoms with Crippen molar-refractivity contribution in [2.45, 2.75) is 0 Å². The van der Waals surface area contributed by atoms with Crippen LogP contribution in [0.3, 0.4) is 0 Å². The summed E-state index contributed by atoms with van der Waals surface area (Å²) >= 11 is 0. The van der Waals surface area contributed by atoms with Gasteiger partial charge in [-0.25, -0.2) is 9.18 Å². The lowest BCUT2D eigenvalue weighted by Gasteiger charge is -2.03. The Hall–Kier alpha value is -2.70. The van der Waals surface area contributed by atoms with E-state index in [4.69, 9.17) is 0 Å². The van der Waals surface area contributed by atoms with Gasteiger partial charge in [-0.3, -0.25) is 14.6 Å². The molecule has 2 aromatic rings. The second-order valence-electron chi connectivity index (χ2n) is 3.45. The normalized spacial score (nSPS) is 10.1. The van der Waals surface area contributed by atoms with Gasteiger partial charge in [0.25, 0.3) is 11.5 Å². The number of benzene rings is 1. The second kappa shape index (κ2) is 4.66. The van der Waals surface area contributed by atoms with Crippen LogP contribution in [0.15, 0.2) is 40.1 Å². The molecule has 1 heterocycles. The van der Waals surface area contributed by atoms with E-state index in [0.29, 0.717) is 5.69 Å². The average molecular weight is 249 g/mol. The molecule has 0 fully saturated rings. The molecule has 0 saturated heterocycles. The lowest BCUT2D eigenvalue weighted by molar-refractivity contribution is 0.102. The lowest BCUT2D eigenvalue weighted by Crippen LogP contribution is -2.29. The maximum absolute atomic E-state index is 12.6. The van der Waals surface area contributed by atoms with Crippen molar-refractivity contribution in [3.05, 3.63) is 62.7 Å². The first-order valence-electron chi connectivity index (χ1n) is 4.95. The number of hydrogen-bond acceptors (Lipinski definition) is 3. The number of carbonyl (C=O) groups is 1. The third kappa shape index (κ3) is 2.51. The van der Waals surface area contributed by atoms with Crippen LogP contribution < -0.4 is 16.6 Å². The van der Waals surface area contributed by atoms with E-state index in [2.05, 4.69) is 10.3 Å². The highest BCUT2D eigenvalue weighted by atomic mass is 19.1. The summed E-state index contributed by atoms with van der Waals surface area (Å²) in [4.78, 5) is 37.9. The van der Waals surface area contributed by atoms with Gasteiger partial charge >= 0.3 is 5.69 Å². The Morgan fingerprint density at radius 2 is 1.83 bits per heavy atom. The highest BCUT2D eigenvalue weighted by molar-refractivity contribution is 6.03. The average Bonchev–Trinajstić information content (AvgIpc) is 2.32. The molecule has 6 nitrogen and oxygen atoms in total. The fourth-order valence-corrected chi connectivity index (χ4v) is 1.31. The summed E-state index contributed by atoms with van der Waals surface area (Å²) in [6, 6.07) is 5.06. The number of nitrogens with one attached hydrogen (secondary N) is 3. The van der Waals surface area contributed by atoms with Crippen LogP contribution in [0, 0.1) is 5.82 Å². The van der Waals surface area contributed by atoms with Crippen molar-refractivity contribution in [1.29, 1.82) is 0 Å². The van der Waals surface area contributed by atoms with E-state index in [-0.39, 0.29) is 5.56 Å².